The Kier molecular flexibility index (Phi) is 3.09. The molecule has 2 rings (SSSR count). The van der Waals surface area contributed by atoms with Gasteiger partial charge in [-0.15, -0.1) is 0 Å². The number of nitrogens with zero attached hydrogens (tertiary/aromatic N) is 2. The van der Waals surface area contributed by atoms with E-state index < -0.39 is 11.6 Å². The van der Waals surface area contributed by atoms with Crippen LogP contribution in [0.1, 0.15) is 0 Å². The molecule has 82 valence electrons. The van der Waals surface area contributed by atoms with Crippen LogP contribution in [0.15, 0.2) is 35.1 Å². The highest BCUT2D eigenvalue weighted by Gasteiger charge is 2.03. The van der Waals surface area contributed by atoms with Crippen LogP contribution in [-0.2, 0) is 0 Å². The summed E-state index contributed by atoms with van der Waals surface area (Å²) in [5.74, 6) is -1.49. The molecule has 0 amide bonds. The highest BCUT2D eigenvalue weighted by atomic mass is 79.9. The molecule has 1 aromatic carbocycles. The van der Waals surface area contributed by atoms with Crippen molar-refractivity contribution in [2.24, 2.45) is 0 Å². The molecule has 0 aliphatic heterocycles. The van der Waals surface area contributed by atoms with Gasteiger partial charge in [0.25, 0.3) is 0 Å². The highest BCUT2D eigenvalue weighted by Crippen LogP contribution is 2.16. The minimum absolute atomic E-state index is 0.314. The van der Waals surface area contributed by atoms with Crippen LogP contribution >= 0.6 is 15.9 Å². The van der Waals surface area contributed by atoms with Crippen molar-refractivity contribution in [1.82, 2.24) is 9.97 Å². The standard InChI is InChI=1S/C10H6BrF2N3/c11-6-4-14-10(15-5-6)16-7-1-2-8(12)9(13)3-7/h1-5H,(H,14,15,16). The molecule has 2 aromatic rings. The van der Waals surface area contributed by atoms with Crippen molar-refractivity contribution < 1.29 is 8.78 Å². The van der Waals surface area contributed by atoms with E-state index in [1.165, 1.54) is 6.07 Å². The lowest BCUT2D eigenvalue weighted by Crippen LogP contribution is -1.97. The summed E-state index contributed by atoms with van der Waals surface area (Å²) in [4.78, 5) is 7.88. The quantitative estimate of drug-likeness (QED) is 0.920. The molecule has 0 atom stereocenters. The third kappa shape index (κ3) is 2.52. The second-order valence-electron chi connectivity index (χ2n) is 2.98. The molecule has 0 spiro atoms. The van der Waals surface area contributed by atoms with Crippen LogP contribution in [0.5, 0.6) is 0 Å². The summed E-state index contributed by atoms with van der Waals surface area (Å²) < 4.78 is 26.3. The number of benzene rings is 1. The van der Waals surface area contributed by atoms with Gasteiger partial charge >= 0.3 is 0 Å². The fourth-order valence-electron chi connectivity index (χ4n) is 1.08. The Morgan fingerprint density at radius 1 is 1.06 bits per heavy atom. The summed E-state index contributed by atoms with van der Waals surface area (Å²) >= 11 is 3.19. The van der Waals surface area contributed by atoms with Gasteiger partial charge in [0.05, 0.1) is 4.47 Å². The average molecular weight is 286 g/mol. The largest absolute Gasteiger partial charge is 0.324 e. The van der Waals surface area contributed by atoms with E-state index >= 15 is 0 Å². The van der Waals surface area contributed by atoms with E-state index in [1.807, 2.05) is 0 Å². The third-order valence-electron chi connectivity index (χ3n) is 1.80. The number of hydrogen-bond acceptors (Lipinski definition) is 3. The van der Waals surface area contributed by atoms with Gasteiger partial charge in [0, 0.05) is 24.1 Å². The van der Waals surface area contributed by atoms with Gasteiger partial charge in [-0.1, -0.05) is 0 Å². The maximum atomic E-state index is 12.9. The zero-order valence-corrected chi connectivity index (χ0v) is 9.50. The molecule has 0 saturated heterocycles. The molecule has 0 aliphatic carbocycles. The monoisotopic (exact) mass is 285 g/mol. The van der Waals surface area contributed by atoms with Crippen LogP contribution < -0.4 is 5.32 Å². The molecule has 0 fully saturated rings. The summed E-state index contributed by atoms with van der Waals surface area (Å²) in [5, 5.41) is 2.75. The summed E-state index contributed by atoms with van der Waals surface area (Å²) in [6.07, 6.45) is 3.10. The Morgan fingerprint density at radius 2 is 1.75 bits per heavy atom. The first-order chi connectivity index (χ1) is 7.65. The average Bonchev–Trinajstić information content (AvgIpc) is 2.27. The minimum Gasteiger partial charge on any atom is -0.324 e. The fraction of sp³-hybridized carbons (Fsp3) is 0. The van der Waals surface area contributed by atoms with Crippen LogP contribution in [0.25, 0.3) is 0 Å². The first kappa shape index (κ1) is 10.9. The predicted molar refractivity (Wildman–Crippen MR) is 59.4 cm³/mol. The molecule has 0 aliphatic rings. The van der Waals surface area contributed by atoms with E-state index in [2.05, 4.69) is 31.2 Å². The van der Waals surface area contributed by atoms with Crippen molar-refractivity contribution in [2.45, 2.75) is 0 Å². The molecule has 0 bridgehead atoms. The van der Waals surface area contributed by atoms with Crippen LogP contribution in [0.3, 0.4) is 0 Å². The van der Waals surface area contributed by atoms with Crippen LogP contribution in [0.2, 0.25) is 0 Å². The first-order valence-corrected chi connectivity index (χ1v) is 5.14. The second kappa shape index (κ2) is 4.52. The van der Waals surface area contributed by atoms with Crippen LogP contribution in [0.4, 0.5) is 20.4 Å². The minimum atomic E-state index is -0.915. The number of hydrogen-bond donors (Lipinski definition) is 1. The molecular formula is C10H6BrF2N3. The molecule has 0 radical (unpaired) electrons. The van der Waals surface area contributed by atoms with Crippen LogP contribution in [0, 0.1) is 11.6 Å². The fourth-order valence-corrected chi connectivity index (χ4v) is 1.28. The summed E-state index contributed by atoms with van der Waals surface area (Å²) in [5.41, 5.74) is 0.390. The molecule has 0 unspecified atom stereocenters. The zero-order chi connectivity index (χ0) is 11.5. The summed E-state index contributed by atoms with van der Waals surface area (Å²) in [6, 6.07) is 3.49. The van der Waals surface area contributed by atoms with Crippen molar-refractivity contribution in [3.63, 3.8) is 0 Å². The molecule has 1 aromatic heterocycles. The summed E-state index contributed by atoms with van der Waals surface area (Å²) in [6.45, 7) is 0. The van der Waals surface area contributed by atoms with Crippen LogP contribution in [-0.4, -0.2) is 9.97 Å². The van der Waals surface area contributed by atoms with Gasteiger partial charge in [0.1, 0.15) is 0 Å². The van der Waals surface area contributed by atoms with E-state index in [-0.39, 0.29) is 0 Å². The Labute approximate surface area is 98.7 Å². The van der Waals surface area contributed by atoms with E-state index in [0.29, 0.717) is 11.6 Å². The Morgan fingerprint density at radius 3 is 2.38 bits per heavy atom. The van der Waals surface area contributed by atoms with Gasteiger partial charge in [-0.3, -0.25) is 0 Å². The van der Waals surface area contributed by atoms with Crippen molar-refractivity contribution >= 4 is 27.6 Å². The number of halogens is 3. The number of rotatable bonds is 2. The lowest BCUT2D eigenvalue weighted by Gasteiger charge is -2.04. The second-order valence-corrected chi connectivity index (χ2v) is 3.89. The van der Waals surface area contributed by atoms with E-state index in [9.17, 15) is 8.78 Å². The molecular weight excluding hydrogens is 280 g/mol. The smallest absolute Gasteiger partial charge is 0.227 e. The van der Waals surface area contributed by atoms with E-state index in [4.69, 9.17) is 0 Å². The normalized spacial score (nSPS) is 10.2. The SMILES string of the molecule is Fc1ccc(Nc2ncc(Br)cn2)cc1F. The van der Waals surface area contributed by atoms with Gasteiger partial charge in [-0.2, -0.15) is 0 Å². The van der Waals surface area contributed by atoms with Crippen molar-refractivity contribution in [3.05, 3.63) is 46.7 Å². The van der Waals surface area contributed by atoms with Crippen molar-refractivity contribution in [2.75, 3.05) is 5.32 Å². The molecule has 0 saturated carbocycles. The van der Waals surface area contributed by atoms with Crippen molar-refractivity contribution in [1.29, 1.82) is 0 Å². The van der Waals surface area contributed by atoms with Gasteiger partial charge in [-0.25, -0.2) is 18.7 Å². The number of aromatic nitrogens is 2. The first-order valence-electron chi connectivity index (χ1n) is 4.35. The lowest BCUT2D eigenvalue weighted by molar-refractivity contribution is 0.509. The van der Waals surface area contributed by atoms with Gasteiger partial charge in [-0.05, 0) is 28.1 Å². The van der Waals surface area contributed by atoms with Gasteiger partial charge in [0.2, 0.25) is 5.95 Å². The molecule has 3 nitrogen and oxygen atoms in total. The predicted octanol–water partition coefficient (Wildman–Crippen LogP) is 3.26. The summed E-state index contributed by atoms with van der Waals surface area (Å²) in [7, 11) is 0. The maximum Gasteiger partial charge on any atom is 0.227 e. The van der Waals surface area contributed by atoms with Gasteiger partial charge < -0.3 is 5.32 Å². The topological polar surface area (TPSA) is 37.8 Å². The van der Waals surface area contributed by atoms with E-state index in [1.54, 1.807) is 12.4 Å². The number of anilines is 2. The highest BCUT2D eigenvalue weighted by molar-refractivity contribution is 9.10. The maximum absolute atomic E-state index is 12.9. The number of nitrogens with one attached hydrogen (secondary N) is 1. The molecule has 16 heavy (non-hydrogen) atoms. The van der Waals surface area contributed by atoms with Gasteiger partial charge in [0.15, 0.2) is 11.6 Å². The third-order valence-corrected chi connectivity index (χ3v) is 2.21. The molecule has 6 heteroatoms. The molecule has 1 heterocycles. The Balaban J connectivity index is 2.20. The Hall–Kier alpha value is -1.56. The molecule has 1 N–H and O–H groups in total. The van der Waals surface area contributed by atoms with Crippen molar-refractivity contribution in [3.8, 4) is 0 Å². The van der Waals surface area contributed by atoms with E-state index in [0.717, 1.165) is 16.6 Å². The lowest BCUT2D eigenvalue weighted by atomic mass is 10.3. The zero-order valence-electron chi connectivity index (χ0n) is 7.92. The Bertz CT molecular complexity index is 502.